The van der Waals surface area contributed by atoms with Crippen molar-refractivity contribution in [1.82, 2.24) is 9.78 Å². The van der Waals surface area contributed by atoms with Crippen molar-refractivity contribution in [3.8, 4) is 0 Å². The van der Waals surface area contributed by atoms with Crippen LogP contribution in [0.3, 0.4) is 0 Å². The third-order valence-electron chi connectivity index (χ3n) is 3.94. The number of rotatable bonds is 3. The van der Waals surface area contributed by atoms with Gasteiger partial charge < -0.3 is 5.32 Å². The summed E-state index contributed by atoms with van der Waals surface area (Å²) in [4.78, 5) is 23.3. The average molecular weight is 397 g/mol. The predicted octanol–water partition coefficient (Wildman–Crippen LogP) is 3.21. The number of amides is 1. The van der Waals surface area contributed by atoms with Crippen LogP contribution in [-0.2, 0) is 27.8 Å². The molecule has 2 heterocycles. The molecule has 0 unspecified atom stereocenters. The molecule has 1 aliphatic rings. The molecule has 138 valence electrons. The quantitative estimate of drug-likeness (QED) is 0.633. The van der Waals surface area contributed by atoms with Gasteiger partial charge in [0.15, 0.2) is 0 Å². The van der Waals surface area contributed by atoms with E-state index >= 15 is 0 Å². The summed E-state index contributed by atoms with van der Waals surface area (Å²) in [5, 5.41) is 18.6. The van der Waals surface area contributed by atoms with Crippen molar-refractivity contribution >= 4 is 39.8 Å². The van der Waals surface area contributed by atoms with Crippen LogP contribution in [0.4, 0.5) is 11.5 Å². The molecule has 0 saturated heterocycles. The van der Waals surface area contributed by atoms with E-state index in [2.05, 4.69) is 10.4 Å². The van der Waals surface area contributed by atoms with Crippen molar-refractivity contribution in [3.05, 3.63) is 50.2 Å². The van der Waals surface area contributed by atoms with Crippen molar-refractivity contribution < 1.29 is 13.9 Å². The second kappa shape index (κ2) is 6.48. The van der Waals surface area contributed by atoms with Gasteiger partial charge in [-0.1, -0.05) is 11.6 Å². The maximum Gasteiger partial charge on any atom is 0.282 e. The van der Waals surface area contributed by atoms with Crippen LogP contribution in [0.25, 0.3) is 0 Å². The molecule has 0 aliphatic carbocycles. The molecule has 3 rings (SSSR count). The van der Waals surface area contributed by atoms with Crippen molar-refractivity contribution in [2.75, 3.05) is 5.32 Å². The first kappa shape index (κ1) is 18.5. The molecule has 8 nitrogen and oxygen atoms in total. The molecular weight excluding hydrogens is 380 g/mol. The number of carbonyl (C=O) groups excluding carboxylic acids is 1. The van der Waals surface area contributed by atoms with E-state index in [1.807, 2.05) is 20.8 Å². The number of carbonyl (C=O) groups is 1. The Kier molecular flexibility index (Phi) is 4.61. The largest absolute Gasteiger partial charge is 0.306 e. The molecule has 0 saturated carbocycles. The highest BCUT2D eigenvalue weighted by Crippen LogP contribution is 2.34. The fourth-order valence-corrected chi connectivity index (χ4v) is 4.20. The molecule has 1 aromatic heterocycles. The van der Waals surface area contributed by atoms with Crippen LogP contribution in [0.1, 0.15) is 42.4 Å². The fourth-order valence-electron chi connectivity index (χ4n) is 2.77. The average Bonchev–Trinajstić information content (AvgIpc) is 3.04. The van der Waals surface area contributed by atoms with E-state index < -0.39 is 27.2 Å². The Morgan fingerprint density at radius 3 is 2.69 bits per heavy atom. The summed E-state index contributed by atoms with van der Waals surface area (Å²) in [5.74, 6) is 0.375. The fraction of sp³-hybridized carbons (Fsp3) is 0.375. The molecule has 0 spiro atoms. The smallest absolute Gasteiger partial charge is 0.282 e. The number of nitro benzene ring substituents is 1. The standard InChI is InChI=1S/C16H17ClN4O4S/c1-16(2,3)20-14(11-7-26(25)8-12(11)19-20)18-15(22)10-6-9(17)4-5-13(10)21(23)24/h4-6H,7-8H2,1-3H3,(H,18,22)/t26-/m0/s1. The SMILES string of the molecule is CC(C)(C)n1nc2c(c1NC(=O)c1cc(Cl)ccc1[N+](=O)[O-])C[S@](=O)C2. The summed E-state index contributed by atoms with van der Waals surface area (Å²) < 4.78 is 13.5. The number of benzene rings is 1. The first-order valence-corrected chi connectivity index (χ1v) is 9.66. The van der Waals surface area contributed by atoms with E-state index in [-0.39, 0.29) is 16.3 Å². The van der Waals surface area contributed by atoms with E-state index in [1.54, 1.807) is 4.68 Å². The molecule has 0 radical (unpaired) electrons. The van der Waals surface area contributed by atoms with E-state index in [9.17, 15) is 19.1 Å². The van der Waals surface area contributed by atoms with Crippen LogP contribution < -0.4 is 5.32 Å². The minimum Gasteiger partial charge on any atom is -0.306 e. The third-order valence-corrected chi connectivity index (χ3v) is 5.38. The van der Waals surface area contributed by atoms with Crippen molar-refractivity contribution in [1.29, 1.82) is 0 Å². The van der Waals surface area contributed by atoms with E-state index in [1.165, 1.54) is 18.2 Å². The van der Waals surface area contributed by atoms with E-state index in [0.29, 0.717) is 28.6 Å². The minimum absolute atomic E-state index is 0.142. The molecule has 1 N–H and O–H groups in total. The Labute approximate surface area is 157 Å². The number of aromatic nitrogens is 2. The van der Waals surface area contributed by atoms with Crippen molar-refractivity contribution in [2.45, 2.75) is 37.8 Å². The first-order chi connectivity index (χ1) is 12.1. The molecule has 1 aliphatic heterocycles. The Bertz CT molecular complexity index is 948. The van der Waals surface area contributed by atoms with Gasteiger partial charge in [0.1, 0.15) is 11.4 Å². The van der Waals surface area contributed by atoms with Crippen LogP contribution in [0.15, 0.2) is 18.2 Å². The van der Waals surface area contributed by atoms with Crippen LogP contribution in [0.2, 0.25) is 5.02 Å². The lowest BCUT2D eigenvalue weighted by molar-refractivity contribution is -0.385. The van der Waals surface area contributed by atoms with Gasteiger partial charge in [0.25, 0.3) is 11.6 Å². The lowest BCUT2D eigenvalue weighted by atomic mass is 10.1. The third kappa shape index (κ3) is 3.36. The van der Waals surface area contributed by atoms with Crippen LogP contribution in [0, 0.1) is 10.1 Å². The summed E-state index contributed by atoms with van der Waals surface area (Å²) in [6, 6.07) is 3.81. The molecule has 0 fully saturated rings. The van der Waals surface area contributed by atoms with Gasteiger partial charge in [-0.05, 0) is 32.9 Å². The second-order valence-electron chi connectivity index (χ2n) is 6.96. The number of fused-ring (bicyclic) bond motifs is 1. The molecule has 1 amide bonds. The van der Waals surface area contributed by atoms with Gasteiger partial charge in [0, 0.05) is 27.5 Å². The molecule has 1 aromatic carbocycles. The lowest BCUT2D eigenvalue weighted by Crippen LogP contribution is -2.27. The van der Waals surface area contributed by atoms with E-state index in [0.717, 1.165) is 0 Å². The normalized spacial score (nSPS) is 16.4. The predicted molar refractivity (Wildman–Crippen MR) is 98.8 cm³/mol. The number of anilines is 1. The zero-order valence-corrected chi connectivity index (χ0v) is 16.0. The number of nitrogens with zero attached hydrogens (tertiary/aromatic N) is 3. The number of hydrogen-bond donors (Lipinski definition) is 1. The molecule has 26 heavy (non-hydrogen) atoms. The van der Waals surface area contributed by atoms with E-state index in [4.69, 9.17) is 11.6 Å². The van der Waals surface area contributed by atoms with Gasteiger partial charge in [-0.15, -0.1) is 0 Å². The molecule has 10 heteroatoms. The second-order valence-corrected chi connectivity index (χ2v) is 8.85. The van der Waals surface area contributed by atoms with Gasteiger partial charge in [0.05, 0.1) is 27.7 Å². The molecule has 2 aromatic rings. The Morgan fingerprint density at radius 1 is 1.38 bits per heavy atom. The highest BCUT2D eigenvalue weighted by Gasteiger charge is 2.32. The Hall–Kier alpha value is -2.26. The van der Waals surface area contributed by atoms with Gasteiger partial charge in [-0.25, -0.2) is 4.68 Å². The van der Waals surface area contributed by atoms with Gasteiger partial charge in [-0.3, -0.25) is 19.1 Å². The number of halogens is 1. The van der Waals surface area contributed by atoms with Crippen LogP contribution in [0.5, 0.6) is 0 Å². The minimum atomic E-state index is -1.06. The highest BCUT2D eigenvalue weighted by atomic mass is 35.5. The monoisotopic (exact) mass is 396 g/mol. The van der Waals surface area contributed by atoms with Crippen molar-refractivity contribution in [2.24, 2.45) is 0 Å². The summed E-state index contributed by atoms with van der Waals surface area (Å²) >= 11 is 5.90. The Balaban J connectivity index is 2.05. The molecular formula is C16H17ClN4O4S. The molecule has 0 bridgehead atoms. The van der Waals surface area contributed by atoms with Crippen LogP contribution in [-0.4, -0.2) is 24.8 Å². The highest BCUT2D eigenvalue weighted by molar-refractivity contribution is 7.83. The number of nitrogens with one attached hydrogen (secondary N) is 1. The Morgan fingerprint density at radius 2 is 2.08 bits per heavy atom. The number of hydrogen-bond acceptors (Lipinski definition) is 5. The number of nitro groups is 1. The maximum atomic E-state index is 12.8. The zero-order chi connectivity index (χ0) is 19.2. The summed E-state index contributed by atoms with van der Waals surface area (Å²) in [6.07, 6.45) is 0. The lowest BCUT2D eigenvalue weighted by Gasteiger charge is -2.23. The first-order valence-electron chi connectivity index (χ1n) is 7.79. The topological polar surface area (TPSA) is 107 Å². The van der Waals surface area contributed by atoms with Crippen LogP contribution >= 0.6 is 11.6 Å². The van der Waals surface area contributed by atoms with Crippen molar-refractivity contribution in [3.63, 3.8) is 0 Å². The van der Waals surface area contributed by atoms with Gasteiger partial charge >= 0.3 is 0 Å². The molecule has 1 atom stereocenters. The van der Waals surface area contributed by atoms with Gasteiger partial charge in [0.2, 0.25) is 0 Å². The summed E-state index contributed by atoms with van der Waals surface area (Å²) in [6.45, 7) is 5.76. The summed E-state index contributed by atoms with van der Waals surface area (Å²) in [7, 11) is -1.06. The zero-order valence-electron chi connectivity index (χ0n) is 14.4. The summed E-state index contributed by atoms with van der Waals surface area (Å²) in [5.41, 5.74) is 0.464. The van der Waals surface area contributed by atoms with Gasteiger partial charge in [-0.2, -0.15) is 5.10 Å². The maximum absolute atomic E-state index is 12.8.